The van der Waals surface area contributed by atoms with E-state index in [0.717, 1.165) is 23.8 Å². The first-order chi connectivity index (χ1) is 31.5. The molecule has 0 spiro atoms. The number of halogens is 2. The fourth-order valence-corrected chi connectivity index (χ4v) is 8.24. The smallest absolute Gasteiger partial charge is 0.321 e. The molecule has 67 heavy (non-hydrogen) atoms. The highest BCUT2D eigenvalue weighted by atomic mass is 32.2. The normalized spacial score (nSPS) is 13.7. The van der Waals surface area contributed by atoms with Crippen molar-refractivity contribution in [2.75, 3.05) is 25.4 Å². The predicted octanol–water partition coefficient (Wildman–Crippen LogP) is 3.26. The van der Waals surface area contributed by atoms with Crippen molar-refractivity contribution in [2.24, 2.45) is 16.9 Å². The summed E-state index contributed by atoms with van der Waals surface area (Å²) < 4.78 is 31.3. The first-order valence-electron chi connectivity index (χ1n) is 21.5. The van der Waals surface area contributed by atoms with Crippen molar-refractivity contribution < 1.29 is 67.6 Å². The number of thioether (sulfide) groups is 1. The molecule has 1 aromatic heterocycles. The second-order valence-corrected chi connectivity index (χ2v) is 18.3. The number of aromatic nitrogens is 1. The number of nitrogens with one attached hydrogen (secondary N) is 2. The molecule has 0 aliphatic carbocycles. The Labute approximate surface area is 390 Å². The first kappa shape index (κ1) is 55.3. The number of hydrogen-bond acceptors (Lipinski definition) is 12. The number of carbonyl (C=O) groups excluding carboxylic acids is 5. The van der Waals surface area contributed by atoms with E-state index in [1.165, 1.54) is 4.90 Å². The Kier molecular flexibility index (Phi) is 21.7. The quantitative estimate of drug-likeness (QED) is 0.0463. The SMILES string of the molecule is CC(C)(C)[C@H](c1cc(-c2cc(F)ccc2F)cn1Cc1ccccc1)N(CC[C@H](N)C(=O)NCCCC(=O)[C@@H](CCC(=O)O)NC(=O)CCC(=O)C[C@H](SC[C@H](N)C(=O)O)C(=O)O)C(=O)CO. The van der Waals surface area contributed by atoms with Crippen LogP contribution in [0.2, 0.25) is 0 Å². The largest absolute Gasteiger partial charge is 0.481 e. The van der Waals surface area contributed by atoms with Gasteiger partial charge in [-0.25, -0.2) is 8.78 Å². The van der Waals surface area contributed by atoms with Gasteiger partial charge in [0.25, 0.3) is 0 Å². The van der Waals surface area contributed by atoms with Gasteiger partial charge in [-0.1, -0.05) is 51.1 Å². The van der Waals surface area contributed by atoms with Crippen LogP contribution in [0.1, 0.15) is 89.4 Å². The van der Waals surface area contributed by atoms with Crippen LogP contribution in [-0.4, -0.2) is 126 Å². The van der Waals surface area contributed by atoms with Crippen LogP contribution in [0.25, 0.3) is 11.1 Å². The minimum Gasteiger partial charge on any atom is -0.481 e. The Morgan fingerprint density at radius 2 is 1.54 bits per heavy atom. The summed E-state index contributed by atoms with van der Waals surface area (Å²) in [7, 11) is 0. The Morgan fingerprint density at radius 3 is 2.15 bits per heavy atom. The molecule has 0 saturated heterocycles. The highest BCUT2D eigenvalue weighted by molar-refractivity contribution is 8.00. The lowest BCUT2D eigenvalue weighted by atomic mass is 9.82. The van der Waals surface area contributed by atoms with Gasteiger partial charge in [-0.15, -0.1) is 11.8 Å². The lowest BCUT2D eigenvalue weighted by Gasteiger charge is -2.41. The van der Waals surface area contributed by atoms with Crippen molar-refractivity contribution in [1.82, 2.24) is 20.1 Å². The third-order valence-corrected chi connectivity index (χ3v) is 12.0. The minimum absolute atomic E-state index is 0.00942. The first-order valence-corrected chi connectivity index (χ1v) is 22.6. The molecule has 0 radical (unpaired) electrons. The molecular formula is C46H60F2N6O12S. The summed E-state index contributed by atoms with van der Waals surface area (Å²) in [6.45, 7) is 4.88. The maximum Gasteiger partial charge on any atom is 0.321 e. The van der Waals surface area contributed by atoms with Gasteiger partial charge in [-0.05, 0) is 54.5 Å². The van der Waals surface area contributed by atoms with E-state index in [1.54, 1.807) is 12.3 Å². The van der Waals surface area contributed by atoms with Crippen LogP contribution >= 0.6 is 11.8 Å². The van der Waals surface area contributed by atoms with Crippen LogP contribution in [0.3, 0.4) is 0 Å². The fourth-order valence-electron chi connectivity index (χ4n) is 7.21. The van der Waals surface area contributed by atoms with Crippen molar-refractivity contribution >= 4 is 59.0 Å². The number of aliphatic hydroxyl groups is 1. The Morgan fingerprint density at radius 1 is 0.851 bits per heavy atom. The van der Waals surface area contributed by atoms with Gasteiger partial charge < -0.3 is 52.0 Å². The fraction of sp³-hybridized carbons (Fsp3) is 0.478. The molecular weight excluding hydrogens is 899 g/mol. The van der Waals surface area contributed by atoms with Crippen molar-refractivity contribution in [2.45, 2.75) is 108 Å². The second-order valence-electron chi connectivity index (χ2n) is 17.1. The third kappa shape index (κ3) is 17.9. The number of carboxylic acid groups (broad SMARTS) is 3. The molecule has 1 heterocycles. The van der Waals surface area contributed by atoms with Crippen molar-refractivity contribution in [3.63, 3.8) is 0 Å². The number of benzene rings is 2. The molecule has 18 nitrogen and oxygen atoms in total. The molecule has 3 rings (SSSR count). The average Bonchev–Trinajstić information content (AvgIpc) is 3.67. The monoisotopic (exact) mass is 958 g/mol. The number of carbonyl (C=O) groups is 8. The van der Waals surface area contributed by atoms with Gasteiger partial charge in [0.05, 0.1) is 18.1 Å². The van der Waals surface area contributed by atoms with E-state index >= 15 is 4.39 Å². The maximum absolute atomic E-state index is 15.1. The molecule has 10 N–H and O–H groups in total. The molecule has 0 aliphatic rings. The predicted molar refractivity (Wildman–Crippen MR) is 243 cm³/mol. The zero-order valence-corrected chi connectivity index (χ0v) is 38.4. The van der Waals surface area contributed by atoms with Gasteiger partial charge in [-0.2, -0.15) is 0 Å². The summed E-state index contributed by atoms with van der Waals surface area (Å²) in [5, 5.41) is 41.5. The summed E-state index contributed by atoms with van der Waals surface area (Å²) in [5.74, 6) is -8.75. The Balaban J connectivity index is 1.65. The molecule has 0 bridgehead atoms. The number of rotatable bonds is 29. The average molecular weight is 959 g/mol. The number of amides is 3. The number of aliphatic carboxylic acids is 3. The highest BCUT2D eigenvalue weighted by Gasteiger charge is 2.37. The number of nitrogens with two attached hydrogens (primary N) is 2. The number of ketones is 2. The van der Waals surface area contributed by atoms with E-state index in [-0.39, 0.29) is 50.1 Å². The van der Waals surface area contributed by atoms with Crippen LogP contribution in [0.5, 0.6) is 0 Å². The standard InChI is InChI=1S/C46H60F2N6O12S/c1-46(2,3)42(36-20-28(31-21-29(47)11-13-32(31)48)24-53(36)23-27-8-5-4-6-9-27)54(40(59)25-55)19-17-33(49)43(62)51-18-7-10-37(57)35(14-16-41(60)61)52-39(58)15-12-30(56)22-38(45(65)66)67-26-34(50)44(63)64/h4-6,8-9,11,13,20-21,24,33-35,38,42,55H,7,10,12,14-19,22-23,25-26,49-50H2,1-3H3,(H,51,62)(H,52,58)(H,60,61)(H,63,64)(H,65,66)/t33-,34-,35+,38-,42-/m0/s1. The lowest BCUT2D eigenvalue weighted by molar-refractivity contribution is -0.140. The zero-order chi connectivity index (χ0) is 50.0. The van der Waals surface area contributed by atoms with Gasteiger partial charge in [0.1, 0.15) is 35.3 Å². The Bertz CT molecular complexity index is 2220. The third-order valence-electron chi connectivity index (χ3n) is 10.6. The Hall–Kier alpha value is -6.03. The lowest BCUT2D eigenvalue weighted by Crippen LogP contribution is -2.47. The zero-order valence-electron chi connectivity index (χ0n) is 37.6. The number of carboxylic acids is 3. The summed E-state index contributed by atoms with van der Waals surface area (Å²) in [6.07, 6.45) is -0.660. The molecule has 2 aromatic carbocycles. The summed E-state index contributed by atoms with van der Waals surface area (Å²) in [5.41, 5.74) is 12.8. The van der Waals surface area contributed by atoms with Gasteiger partial charge in [0.2, 0.25) is 17.7 Å². The van der Waals surface area contributed by atoms with E-state index in [1.807, 2.05) is 55.7 Å². The van der Waals surface area contributed by atoms with Gasteiger partial charge in [-0.3, -0.25) is 38.4 Å². The molecule has 0 aliphatic heterocycles. The van der Waals surface area contributed by atoms with Gasteiger partial charge >= 0.3 is 17.9 Å². The van der Waals surface area contributed by atoms with E-state index in [0.29, 0.717) is 29.6 Å². The molecule has 0 fully saturated rings. The van der Waals surface area contributed by atoms with E-state index in [9.17, 15) is 58.1 Å². The number of nitrogens with zero attached hydrogens (tertiary/aromatic N) is 2. The highest BCUT2D eigenvalue weighted by Crippen LogP contribution is 2.41. The van der Waals surface area contributed by atoms with E-state index in [4.69, 9.17) is 16.6 Å². The molecule has 3 amide bonds. The van der Waals surface area contributed by atoms with Crippen molar-refractivity contribution in [3.05, 3.63) is 83.7 Å². The molecule has 21 heteroatoms. The summed E-state index contributed by atoms with van der Waals surface area (Å²) >= 11 is 0.671. The number of hydrogen-bond donors (Lipinski definition) is 8. The molecule has 3 aromatic rings. The van der Waals surface area contributed by atoms with Gasteiger partial charge in [0.15, 0.2) is 5.78 Å². The van der Waals surface area contributed by atoms with Crippen LogP contribution in [0.4, 0.5) is 8.78 Å². The van der Waals surface area contributed by atoms with Crippen molar-refractivity contribution in [1.29, 1.82) is 0 Å². The van der Waals surface area contributed by atoms with Crippen LogP contribution in [-0.2, 0) is 44.9 Å². The number of Topliss-reactive ketones (excluding diaryl/α,β-unsaturated/α-hetero) is 2. The topological polar surface area (TPSA) is 302 Å². The molecule has 5 atom stereocenters. The van der Waals surface area contributed by atoms with Gasteiger partial charge in [0, 0.05) is 80.5 Å². The molecule has 0 unspecified atom stereocenters. The molecule has 0 saturated carbocycles. The maximum atomic E-state index is 15.1. The summed E-state index contributed by atoms with van der Waals surface area (Å²) in [4.78, 5) is 100. The second kappa shape index (κ2) is 26.3. The van der Waals surface area contributed by atoms with Crippen molar-refractivity contribution in [3.8, 4) is 11.1 Å². The summed E-state index contributed by atoms with van der Waals surface area (Å²) in [6, 6.07) is 9.59. The minimum atomic E-state index is -1.37. The van der Waals surface area contributed by atoms with Crippen LogP contribution in [0, 0.1) is 17.0 Å². The molecule has 366 valence electrons. The van der Waals surface area contributed by atoms with E-state index in [2.05, 4.69) is 10.6 Å². The van der Waals surface area contributed by atoms with Crippen LogP contribution < -0.4 is 22.1 Å². The van der Waals surface area contributed by atoms with E-state index < -0.39 is 126 Å². The van der Waals surface area contributed by atoms with Crippen LogP contribution in [0.15, 0.2) is 60.8 Å². The number of aliphatic hydroxyl groups excluding tert-OH is 1.